The monoisotopic (exact) mass is 328 g/mol. The smallest absolute Gasteiger partial charge is 0.238 e. The van der Waals surface area contributed by atoms with Crippen LogP contribution in [0.15, 0.2) is 12.1 Å². The molecule has 5 nitrogen and oxygen atoms in total. The molecule has 0 aliphatic carbocycles. The number of nitrogens with one attached hydrogen (secondary N) is 1. The Balaban J connectivity index is 2.77. The molecule has 0 saturated carbocycles. The molecule has 0 aromatic heterocycles. The third-order valence-electron chi connectivity index (χ3n) is 3.60. The lowest BCUT2D eigenvalue weighted by molar-refractivity contribution is -0.117. The number of hydrogen-bond acceptors (Lipinski definition) is 4. The van der Waals surface area contributed by atoms with E-state index in [0.717, 1.165) is 12.8 Å². The minimum atomic E-state index is -0.106. The van der Waals surface area contributed by atoms with E-state index >= 15 is 0 Å². The molecule has 0 aliphatic rings. The zero-order valence-corrected chi connectivity index (χ0v) is 14.7. The SMILES string of the molecule is CCCC(C)N(C)CC(=O)Nc1cc(Cl)c(OC)cc1OC. The molecule has 1 atom stereocenters. The van der Waals surface area contributed by atoms with Crippen molar-refractivity contribution in [1.29, 1.82) is 0 Å². The number of ether oxygens (including phenoxy) is 2. The van der Waals surface area contributed by atoms with E-state index < -0.39 is 0 Å². The number of halogens is 1. The number of carbonyl (C=O) groups is 1. The standard InChI is InChI=1S/C16H25ClN2O3/c1-6-7-11(2)19(3)10-16(20)18-13-8-12(17)14(21-4)9-15(13)22-5/h8-9,11H,6-7,10H2,1-5H3,(H,18,20). The summed E-state index contributed by atoms with van der Waals surface area (Å²) in [5.41, 5.74) is 0.537. The van der Waals surface area contributed by atoms with Crippen molar-refractivity contribution in [2.75, 3.05) is 33.1 Å². The van der Waals surface area contributed by atoms with Gasteiger partial charge in [-0.1, -0.05) is 24.9 Å². The fraction of sp³-hybridized carbons (Fsp3) is 0.562. The van der Waals surface area contributed by atoms with Gasteiger partial charge in [-0.2, -0.15) is 0 Å². The van der Waals surface area contributed by atoms with Gasteiger partial charge in [-0.25, -0.2) is 0 Å². The molecule has 0 radical (unpaired) electrons. The Hall–Kier alpha value is -1.46. The van der Waals surface area contributed by atoms with Gasteiger partial charge in [0.05, 0.1) is 31.5 Å². The summed E-state index contributed by atoms with van der Waals surface area (Å²) in [5, 5.41) is 3.26. The van der Waals surface area contributed by atoms with Crippen molar-refractivity contribution in [2.24, 2.45) is 0 Å². The fourth-order valence-electron chi connectivity index (χ4n) is 2.17. The summed E-state index contributed by atoms with van der Waals surface area (Å²) >= 11 is 6.10. The van der Waals surface area contributed by atoms with E-state index in [1.165, 1.54) is 14.2 Å². The van der Waals surface area contributed by atoms with E-state index in [4.69, 9.17) is 21.1 Å². The van der Waals surface area contributed by atoms with Gasteiger partial charge in [0.25, 0.3) is 0 Å². The lowest BCUT2D eigenvalue weighted by Gasteiger charge is -2.23. The van der Waals surface area contributed by atoms with Crippen molar-refractivity contribution < 1.29 is 14.3 Å². The van der Waals surface area contributed by atoms with Gasteiger partial charge in [0.1, 0.15) is 11.5 Å². The summed E-state index contributed by atoms with van der Waals surface area (Å²) in [5.74, 6) is 0.911. The van der Waals surface area contributed by atoms with Crippen LogP contribution in [0.1, 0.15) is 26.7 Å². The van der Waals surface area contributed by atoms with Crippen LogP contribution in [0, 0.1) is 0 Å². The van der Waals surface area contributed by atoms with E-state index in [1.54, 1.807) is 12.1 Å². The van der Waals surface area contributed by atoms with Crippen LogP contribution >= 0.6 is 11.6 Å². The normalized spacial score (nSPS) is 12.1. The molecule has 1 amide bonds. The second kappa shape index (κ2) is 8.86. The van der Waals surface area contributed by atoms with Crippen LogP contribution in [0.25, 0.3) is 0 Å². The molecule has 1 rings (SSSR count). The van der Waals surface area contributed by atoms with E-state index in [0.29, 0.717) is 34.8 Å². The van der Waals surface area contributed by atoms with Crippen molar-refractivity contribution in [3.8, 4) is 11.5 Å². The number of rotatable bonds is 8. The topological polar surface area (TPSA) is 50.8 Å². The van der Waals surface area contributed by atoms with Crippen molar-refractivity contribution in [1.82, 2.24) is 4.90 Å². The van der Waals surface area contributed by atoms with Gasteiger partial charge in [0, 0.05) is 12.1 Å². The number of nitrogens with zero attached hydrogens (tertiary/aromatic N) is 1. The van der Waals surface area contributed by atoms with Gasteiger partial charge in [-0.3, -0.25) is 9.69 Å². The van der Waals surface area contributed by atoms with Crippen molar-refractivity contribution in [2.45, 2.75) is 32.7 Å². The lowest BCUT2D eigenvalue weighted by atomic mass is 10.2. The van der Waals surface area contributed by atoms with Crippen LogP contribution in [0.2, 0.25) is 5.02 Å². The van der Waals surface area contributed by atoms with Gasteiger partial charge in [0.2, 0.25) is 5.91 Å². The molecule has 1 aromatic rings. The van der Waals surface area contributed by atoms with E-state index in [-0.39, 0.29) is 5.91 Å². The van der Waals surface area contributed by atoms with Crippen LogP contribution in [0.4, 0.5) is 5.69 Å². The Morgan fingerprint density at radius 1 is 1.32 bits per heavy atom. The van der Waals surface area contributed by atoms with Crippen molar-refractivity contribution >= 4 is 23.2 Å². The zero-order chi connectivity index (χ0) is 16.7. The molecule has 1 unspecified atom stereocenters. The number of carbonyl (C=O) groups excluding carboxylic acids is 1. The van der Waals surface area contributed by atoms with E-state index in [9.17, 15) is 4.79 Å². The third-order valence-corrected chi connectivity index (χ3v) is 3.90. The van der Waals surface area contributed by atoms with Crippen LogP contribution in [-0.4, -0.2) is 44.7 Å². The summed E-state index contributed by atoms with van der Waals surface area (Å²) in [6.07, 6.45) is 2.15. The van der Waals surface area contributed by atoms with Gasteiger partial charge in [-0.05, 0) is 26.5 Å². The Bertz CT molecular complexity index is 508. The molecule has 1 aromatic carbocycles. The fourth-order valence-corrected chi connectivity index (χ4v) is 2.41. The number of benzene rings is 1. The minimum Gasteiger partial charge on any atom is -0.495 e. The summed E-state index contributed by atoms with van der Waals surface area (Å²) in [6, 6.07) is 3.64. The van der Waals surface area contributed by atoms with Crippen molar-refractivity contribution in [3.63, 3.8) is 0 Å². The first-order valence-corrected chi connectivity index (χ1v) is 7.72. The molecule has 0 fully saturated rings. The Morgan fingerprint density at radius 2 is 1.95 bits per heavy atom. The number of methoxy groups -OCH3 is 2. The maximum absolute atomic E-state index is 12.2. The zero-order valence-electron chi connectivity index (χ0n) is 13.9. The van der Waals surface area contributed by atoms with Gasteiger partial charge < -0.3 is 14.8 Å². The summed E-state index contributed by atoms with van der Waals surface area (Å²) in [4.78, 5) is 14.2. The minimum absolute atomic E-state index is 0.106. The quantitative estimate of drug-likeness (QED) is 0.794. The van der Waals surface area contributed by atoms with Gasteiger partial charge in [0.15, 0.2) is 0 Å². The predicted molar refractivity (Wildman–Crippen MR) is 90.2 cm³/mol. The van der Waals surface area contributed by atoms with Crippen LogP contribution < -0.4 is 14.8 Å². The first-order chi connectivity index (χ1) is 10.4. The van der Waals surface area contributed by atoms with Crippen molar-refractivity contribution in [3.05, 3.63) is 17.2 Å². The molecular weight excluding hydrogens is 304 g/mol. The third kappa shape index (κ3) is 5.07. The lowest BCUT2D eigenvalue weighted by Crippen LogP contribution is -2.36. The summed E-state index contributed by atoms with van der Waals surface area (Å²) < 4.78 is 10.4. The van der Waals surface area contributed by atoms with Crippen LogP contribution in [0.3, 0.4) is 0 Å². The van der Waals surface area contributed by atoms with E-state index in [2.05, 4.69) is 19.2 Å². The largest absolute Gasteiger partial charge is 0.495 e. The predicted octanol–water partition coefficient (Wildman–Crippen LogP) is 3.42. The molecule has 6 heteroatoms. The molecule has 1 N–H and O–H groups in total. The molecule has 0 heterocycles. The van der Waals surface area contributed by atoms with Gasteiger partial charge >= 0.3 is 0 Å². The maximum Gasteiger partial charge on any atom is 0.238 e. The molecular formula is C16H25ClN2O3. The van der Waals surface area contributed by atoms with Gasteiger partial charge in [-0.15, -0.1) is 0 Å². The van der Waals surface area contributed by atoms with E-state index in [1.807, 2.05) is 11.9 Å². The Morgan fingerprint density at radius 3 is 2.50 bits per heavy atom. The Labute approximate surface area is 137 Å². The highest BCUT2D eigenvalue weighted by molar-refractivity contribution is 6.32. The average molecular weight is 329 g/mol. The first kappa shape index (κ1) is 18.6. The molecule has 0 aliphatic heterocycles. The van der Waals surface area contributed by atoms with Crippen LogP contribution in [0.5, 0.6) is 11.5 Å². The number of likely N-dealkylation sites (N-methyl/N-ethyl adjacent to an activating group) is 1. The number of hydrogen-bond donors (Lipinski definition) is 1. The first-order valence-electron chi connectivity index (χ1n) is 7.34. The Kier molecular flexibility index (Phi) is 7.48. The maximum atomic E-state index is 12.2. The highest BCUT2D eigenvalue weighted by Crippen LogP contribution is 2.35. The molecule has 0 saturated heterocycles. The molecule has 0 bridgehead atoms. The molecule has 0 spiro atoms. The second-order valence-electron chi connectivity index (χ2n) is 5.29. The highest BCUT2D eigenvalue weighted by atomic mass is 35.5. The average Bonchev–Trinajstić information content (AvgIpc) is 2.47. The number of amides is 1. The highest BCUT2D eigenvalue weighted by Gasteiger charge is 2.15. The number of anilines is 1. The molecule has 124 valence electrons. The molecule has 22 heavy (non-hydrogen) atoms. The summed E-state index contributed by atoms with van der Waals surface area (Å²) in [7, 11) is 5.01. The summed E-state index contributed by atoms with van der Waals surface area (Å²) in [6.45, 7) is 4.56. The second-order valence-corrected chi connectivity index (χ2v) is 5.70. The van der Waals surface area contributed by atoms with Crippen LogP contribution in [-0.2, 0) is 4.79 Å².